The van der Waals surface area contributed by atoms with Gasteiger partial charge < -0.3 is 10.8 Å². The van der Waals surface area contributed by atoms with Crippen LogP contribution in [-0.4, -0.2) is 17.8 Å². The number of hydrogen-bond donors (Lipinski definition) is 2. The predicted molar refractivity (Wildman–Crippen MR) is 44.2 cm³/mol. The van der Waals surface area contributed by atoms with E-state index < -0.39 is 0 Å². The minimum absolute atomic E-state index is 0. The van der Waals surface area contributed by atoms with Gasteiger partial charge >= 0.3 is 0 Å². The lowest BCUT2D eigenvalue weighted by Gasteiger charge is -2.14. The average Bonchev–Trinajstić information content (AvgIpc) is 2.15. The first-order chi connectivity index (χ1) is 4.25. The Hall–Kier alpha value is 0.210. The monoisotopic (exact) mass is 165 g/mol. The van der Waals surface area contributed by atoms with Gasteiger partial charge in [-0.15, -0.1) is 12.4 Å². The van der Waals surface area contributed by atoms with Crippen molar-refractivity contribution in [1.82, 2.24) is 0 Å². The molecule has 0 amide bonds. The molecule has 0 heterocycles. The first-order valence-electron chi connectivity index (χ1n) is 3.64. The van der Waals surface area contributed by atoms with Gasteiger partial charge in [0.15, 0.2) is 0 Å². The highest BCUT2D eigenvalue weighted by Crippen LogP contribution is 2.30. The summed E-state index contributed by atoms with van der Waals surface area (Å²) in [4.78, 5) is 0. The van der Waals surface area contributed by atoms with E-state index >= 15 is 0 Å². The highest BCUT2D eigenvalue weighted by molar-refractivity contribution is 5.85. The van der Waals surface area contributed by atoms with Crippen LogP contribution in [0, 0.1) is 11.8 Å². The van der Waals surface area contributed by atoms with E-state index in [9.17, 15) is 5.11 Å². The van der Waals surface area contributed by atoms with Gasteiger partial charge in [0.2, 0.25) is 0 Å². The molecule has 1 fully saturated rings. The quantitative estimate of drug-likeness (QED) is 0.603. The molecular formula is C7H16ClNO. The molecule has 3 N–H and O–H groups in total. The van der Waals surface area contributed by atoms with Crippen molar-refractivity contribution in [1.29, 1.82) is 0 Å². The summed E-state index contributed by atoms with van der Waals surface area (Å²) in [6, 6.07) is 0. The molecule has 1 rings (SSSR count). The molecule has 0 spiro atoms. The standard InChI is InChI=1S/C7H15NO.ClH/c1-5-6(4-8)2-3-7(5)9;/h5-7,9H,2-4,8H2,1H3;1H. The molecule has 0 bridgehead atoms. The lowest BCUT2D eigenvalue weighted by molar-refractivity contribution is 0.128. The zero-order valence-corrected chi connectivity index (χ0v) is 7.10. The second-order valence-electron chi connectivity index (χ2n) is 3.00. The van der Waals surface area contributed by atoms with Crippen LogP contribution >= 0.6 is 12.4 Å². The van der Waals surface area contributed by atoms with Crippen LogP contribution < -0.4 is 5.73 Å². The maximum atomic E-state index is 9.24. The zero-order valence-electron chi connectivity index (χ0n) is 6.29. The normalized spacial score (nSPS) is 39.3. The third-order valence-corrected chi connectivity index (χ3v) is 2.49. The van der Waals surface area contributed by atoms with Crippen molar-refractivity contribution in [3.8, 4) is 0 Å². The first kappa shape index (κ1) is 10.2. The molecule has 1 aliphatic rings. The Balaban J connectivity index is 0.000000810. The predicted octanol–water partition coefficient (Wildman–Crippen LogP) is 0.774. The minimum Gasteiger partial charge on any atom is -0.393 e. The van der Waals surface area contributed by atoms with Crippen molar-refractivity contribution >= 4 is 12.4 Å². The maximum absolute atomic E-state index is 9.24. The second-order valence-corrected chi connectivity index (χ2v) is 3.00. The molecule has 62 valence electrons. The second kappa shape index (κ2) is 4.16. The summed E-state index contributed by atoms with van der Waals surface area (Å²) in [5.74, 6) is 0.995. The Bertz CT molecular complexity index is 99.6. The summed E-state index contributed by atoms with van der Waals surface area (Å²) >= 11 is 0. The van der Waals surface area contributed by atoms with E-state index in [4.69, 9.17) is 5.73 Å². The number of hydrogen-bond acceptors (Lipinski definition) is 2. The van der Waals surface area contributed by atoms with Crippen molar-refractivity contribution in [3.05, 3.63) is 0 Å². The third kappa shape index (κ3) is 1.84. The van der Waals surface area contributed by atoms with Gasteiger partial charge in [0.1, 0.15) is 0 Å². The van der Waals surface area contributed by atoms with Crippen molar-refractivity contribution < 1.29 is 5.11 Å². The van der Waals surface area contributed by atoms with Gasteiger partial charge in [0.05, 0.1) is 6.10 Å². The fourth-order valence-electron chi connectivity index (χ4n) is 1.56. The molecule has 10 heavy (non-hydrogen) atoms. The number of nitrogens with two attached hydrogens (primary N) is 1. The Kier molecular flexibility index (Phi) is 4.25. The van der Waals surface area contributed by atoms with Gasteiger partial charge in [-0.1, -0.05) is 6.92 Å². The van der Waals surface area contributed by atoms with Gasteiger partial charge in [-0.2, -0.15) is 0 Å². The molecule has 1 saturated carbocycles. The van der Waals surface area contributed by atoms with Crippen LogP contribution in [0.5, 0.6) is 0 Å². The van der Waals surface area contributed by atoms with Gasteiger partial charge in [0.25, 0.3) is 0 Å². The molecule has 0 aliphatic heterocycles. The lowest BCUT2D eigenvalue weighted by atomic mass is 9.97. The molecule has 0 aromatic rings. The molecule has 3 unspecified atom stereocenters. The lowest BCUT2D eigenvalue weighted by Crippen LogP contribution is -2.21. The zero-order chi connectivity index (χ0) is 6.85. The molecule has 1 aliphatic carbocycles. The topological polar surface area (TPSA) is 46.2 Å². The molecular weight excluding hydrogens is 150 g/mol. The Labute approximate surface area is 68.2 Å². The number of rotatable bonds is 1. The van der Waals surface area contributed by atoms with E-state index in [-0.39, 0.29) is 18.5 Å². The molecule has 3 heteroatoms. The van der Waals surface area contributed by atoms with E-state index in [1.165, 1.54) is 0 Å². The van der Waals surface area contributed by atoms with Crippen LogP contribution in [0.15, 0.2) is 0 Å². The molecule has 2 nitrogen and oxygen atoms in total. The molecule has 0 radical (unpaired) electrons. The Morgan fingerprint density at radius 2 is 2.10 bits per heavy atom. The van der Waals surface area contributed by atoms with Crippen LogP contribution in [0.2, 0.25) is 0 Å². The van der Waals surface area contributed by atoms with Crippen molar-refractivity contribution in [2.45, 2.75) is 25.9 Å². The summed E-state index contributed by atoms with van der Waals surface area (Å²) in [5.41, 5.74) is 5.48. The SMILES string of the molecule is CC1C(O)CCC1CN.Cl. The van der Waals surface area contributed by atoms with Gasteiger partial charge in [0, 0.05) is 0 Å². The van der Waals surface area contributed by atoms with Crippen LogP contribution in [0.25, 0.3) is 0 Å². The Morgan fingerprint density at radius 3 is 2.30 bits per heavy atom. The van der Waals surface area contributed by atoms with Crippen LogP contribution in [0.3, 0.4) is 0 Å². The molecule has 3 atom stereocenters. The van der Waals surface area contributed by atoms with Gasteiger partial charge in [-0.25, -0.2) is 0 Å². The molecule has 0 aromatic heterocycles. The van der Waals surface area contributed by atoms with Crippen LogP contribution in [0.1, 0.15) is 19.8 Å². The molecule has 0 saturated heterocycles. The van der Waals surface area contributed by atoms with Crippen molar-refractivity contribution in [3.63, 3.8) is 0 Å². The number of halogens is 1. The van der Waals surface area contributed by atoms with E-state index in [0.717, 1.165) is 19.4 Å². The summed E-state index contributed by atoms with van der Waals surface area (Å²) in [6.45, 7) is 2.81. The fourth-order valence-corrected chi connectivity index (χ4v) is 1.56. The van der Waals surface area contributed by atoms with E-state index in [1.54, 1.807) is 0 Å². The summed E-state index contributed by atoms with van der Waals surface area (Å²) in [6.07, 6.45) is 1.97. The number of aliphatic hydroxyl groups excluding tert-OH is 1. The van der Waals surface area contributed by atoms with Crippen LogP contribution in [-0.2, 0) is 0 Å². The van der Waals surface area contributed by atoms with Crippen LogP contribution in [0.4, 0.5) is 0 Å². The van der Waals surface area contributed by atoms with Crippen molar-refractivity contribution in [2.24, 2.45) is 17.6 Å². The Morgan fingerprint density at radius 1 is 1.50 bits per heavy atom. The summed E-state index contributed by atoms with van der Waals surface area (Å²) in [7, 11) is 0. The fraction of sp³-hybridized carbons (Fsp3) is 1.00. The highest BCUT2D eigenvalue weighted by atomic mass is 35.5. The van der Waals surface area contributed by atoms with E-state index in [0.29, 0.717) is 11.8 Å². The van der Waals surface area contributed by atoms with Gasteiger partial charge in [-0.05, 0) is 31.2 Å². The minimum atomic E-state index is -0.0847. The first-order valence-corrected chi connectivity index (χ1v) is 3.64. The van der Waals surface area contributed by atoms with Gasteiger partial charge in [-0.3, -0.25) is 0 Å². The smallest absolute Gasteiger partial charge is 0.0569 e. The highest BCUT2D eigenvalue weighted by Gasteiger charge is 2.29. The van der Waals surface area contributed by atoms with Crippen molar-refractivity contribution in [2.75, 3.05) is 6.54 Å². The largest absolute Gasteiger partial charge is 0.393 e. The third-order valence-electron chi connectivity index (χ3n) is 2.49. The number of aliphatic hydroxyl groups is 1. The van der Waals surface area contributed by atoms with E-state index in [1.807, 2.05) is 0 Å². The summed E-state index contributed by atoms with van der Waals surface area (Å²) in [5, 5.41) is 9.24. The maximum Gasteiger partial charge on any atom is 0.0569 e. The average molecular weight is 166 g/mol. The molecule has 0 aromatic carbocycles. The van der Waals surface area contributed by atoms with E-state index in [2.05, 4.69) is 6.92 Å². The summed E-state index contributed by atoms with van der Waals surface area (Å²) < 4.78 is 0.